The lowest BCUT2D eigenvalue weighted by atomic mass is 9.78. The Morgan fingerprint density at radius 1 is 0.944 bits per heavy atom. The summed E-state index contributed by atoms with van der Waals surface area (Å²) in [5, 5.41) is 3.51. The van der Waals surface area contributed by atoms with E-state index in [-0.39, 0.29) is 0 Å². The minimum Gasteiger partial charge on any atom is -0.493 e. The van der Waals surface area contributed by atoms with Crippen LogP contribution in [0.3, 0.4) is 0 Å². The van der Waals surface area contributed by atoms with Crippen LogP contribution in [-0.4, -0.2) is 44.6 Å². The quantitative estimate of drug-likeness (QED) is 0.336. The molecule has 2 aliphatic rings. The van der Waals surface area contributed by atoms with E-state index in [1.54, 1.807) is 26.0 Å². The van der Waals surface area contributed by atoms with Crippen LogP contribution in [0, 0.1) is 0 Å². The van der Waals surface area contributed by atoms with Gasteiger partial charge in [0.05, 0.1) is 14.2 Å². The fraction of sp³-hybridized carbons (Fsp3) is 0.433. The molecule has 36 heavy (non-hydrogen) atoms. The Bertz CT molecular complexity index is 1160. The second-order valence-corrected chi connectivity index (χ2v) is 10.7. The van der Waals surface area contributed by atoms with Crippen LogP contribution in [0.15, 0.2) is 59.8 Å². The predicted molar refractivity (Wildman–Crippen MR) is 150 cm³/mol. The van der Waals surface area contributed by atoms with E-state index < -0.39 is 0 Å². The Morgan fingerprint density at radius 3 is 2.36 bits per heavy atom. The smallest absolute Gasteiger partial charge is 0.164 e. The third kappa shape index (κ3) is 5.35. The van der Waals surface area contributed by atoms with Gasteiger partial charge in [0.25, 0.3) is 0 Å². The van der Waals surface area contributed by atoms with Gasteiger partial charge in [-0.3, -0.25) is 4.98 Å². The van der Waals surface area contributed by atoms with Gasteiger partial charge in [-0.15, -0.1) is 11.8 Å². The summed E-state index contributed by atoms with van der Waals surface area (Å²) in [7, 11) is 3.46. The molecule has 0 radical (unpaired) electrons. The molecule has 0 amide bonds. The first-order chi connectivity index (χ1) is 17.7. The monoisotopic (exact) mass is 503 g/mol. The molecule has 2 fully saturated rings. The fourth-order valence-electron chi connectivity index (χ4n) is 5.43. The molecular formula is C30H37N3O2S. The minimum absolute atomic E-state index is 0.515. The molecule has 1 aliphatic heterocycles. The molecule has 6 heteroatoms. The number of benzene rings is 2. The lowest BCUT2D eigenvalue weighted by Crippen LogP contribution is -2.43. The van der Waals surface area contributed by atoms with Crippen molar-refractivity contribution in [3.8, 4) is 22.6 Å². The van der Waals surface area contributed by atoms with Crippen LogP contribution in [0.2, 0.25) is 0 Å². The van der Waals surface area contributed by atoms with Crippen LogP contribution in [-0.2, 0) is 6.54 Å². The SMILES string of the molecule is COc1cc(-c2cncc(CN(c3ccc(SC)cc3)C3CCNCC3)c2)cc(C2CCC2)c1OC. The van der Waals surface area contributed by atoms with Crippen molar-refractivity contribution in [1.29, 1.82) is 0 Å². The molecule has 1 aliphatic carbocycles. The van der Waals surface area contributed by atoms with Gasteiger partial charge in [0.1, 0.15) is 0 Å². The van der Waals surface area contributed by atoms with Crippen LogP contribution in [0.5, 0.6) is 11.5 Å². The van der Waals surface area contributed by atoms with Crippen molar-refractivity contribution >= 4 is 17.4 Å². The van der Waals surface area contributed by atoms with Gasteiger partial charge in [0.2, 0.25) is 0 Å². The lowest BCUT2D eigenvalue weighted by molar-refractivity contribution is 0.337. The molecule has 2 heterocycles. The highest BCUT2D eigenvalue weighted by Crippen LogP contribution is 2.46. The number of nitrogens with zero attached hydrogens (tertiary/aromatic N) is 2. The Balaban J connectivity index is 1.46. The van der Waals surface area contributed by atoms with Gasteiger partial charge in [-0.2, -0.15) is 0 Å². The van der Waals surface area contributed by atoms with Crippen molar-refractivity contribution in [2.45, 2.75) is 55.5 Å². The number of piperidine rings is 1. The summed E-state index contributed by atoms with van der Waals surface area (Å²) in [5.41, 5.74) is 6.02. The van der Waals surface area contributed by atoms with Crippen molar-refractivity contribution in [1.82, 2.24) is 10.3 Å². The molecule has 5 rings (SSSR count). The Labute approximate surface area is 219 Å². The maximum atomic E-state index is 5.77. The van der Waals surface area contributed by atoms with Gasteiger partial charge in [0, 0.05) is 46.7 Å². The number of hydrogen-bond donors (Lipinski definition) is 1. The maximum absolute atomic E-state index is 5.77. The molecule has 0 spiro atoms. The zero-order valence-corrected chi connectivity index (χ0v) is 22.4. The van der Waals surface area contributed by atoms with Crippen LogP contribution in [0.4, 0.5) is 5.69 Å². The van der Waals surface area contributed by atoms with Crippen molar-refractivity contribution in [3.63, 3.8) is 0 Å². The van der Waals surface area contributed by atoms with Crippen LogP contribution in [0.25, 0.3) is 11.1 Å². The first kappa shape index (κ1) is 25.0. The van der Waals surface area contributed by atoms with Crippen molar-refractivity contribution in [2.75, 3.05) is 38.5 Å². The van der Waals surface area contributed by atoms with E-state index in [9.17, 15) is 0 Å². The summed E-state index contributed by atoms with van der Waals surface area (Å²) in [6.45, 7) is 2.97. The highest BCUT2D eigenvalue weighted by Gasteiger charge is 2.26. The molecule has 1 saturated heterocycles. The van der Waals surface area contributed by atoms with Gasteiger partial charge < -0.3 is 19.7 Å². The molecule has 1 saturated carbocycles. The van der Waals surface area contributed by atoms with E-state index in [1.165, 1.54) is 41.0 Å². The molecular weight excluding hydrogens is 466 g/mol. The van der Waals surface area contributed by atoms with E-state index in [0.717, 1.165) is 55.1 Å². The molecule has 2 aromatic carbocycles. The highest BCUT2D eigenvalue weighted by molar-refractivity contribution is 7.98. The second kappa shape index (κ2) is 11.6. The topological polar surface area (TPSA) is 46.6 Å². The van der Waals surface area contributed by atoms with E-state index in [0.29, 0.717) is 12.0 Å². The molecule has 0 bridgehead atoms. The van der Waals surface area contributed by atoms with E-state index in [2.05, 4.69) is 63.9 Å². The van der Waals surface area contributed by atoms with Crippen molar-refractivity contribution in [2.24, 2.45) is 0 Å². The molecule has 0 unspecified atom stereocenters. The van der Waals surface area contributed by atoms with Gasteiger partial charge in [-0.05, 0) is 105 Å². The van der Waals surface area contributed by atoms with Gasteiger partial charge >= 0.3 is 0 Å². The predicted octanol–water partition coefficient (Wildman–Crippen LogP) is 6.51. The van der Waals surface area contributed by atoms with Crippen LogP contribution in [0.1, 0.15) is 49.1 Å². The number of nitrogens with one attached hydrogen (secondary N) is 1. The second-order valence-electron chi connectivity index (χ2n) is 9.82. The Kier molecular flexibility index (Phi) is 8.02. The fourth-order valence-corrected chi connectivity index (χ4v) is 5.84. The van der Waals surface area contributed by atoms with Crippen LogP contribution < -0.4 is 19.7 Å². The third-order valence-corrected chi connectivity index (χ3v) is 8.43. The average Bonchev–Trinajstić information content (AvgIpc) is 2.91. The first-order valence-electron chi connectivity index (χ1n) is 13.0. The molecule has 5 nitrogen and oxygen atoms in total. The lowest BCUT2D eigenvalue weighted by Gasteiger charge is -2.36. The van der Waals surface area contributed by atoms with Gasteiger partial charge in [-0.25, -0.2) is 0 Å². The third-order valence-electron chi connectivity index (χ3n) is 7.69. The molecule has 0 atom stereocenters. The number of thioether (sulfide) groups is 1. The summed E-state index contributed by atoms with van der Waals surface area (Å²) in [5.74, 6) is 2.22. The largest absolute Gasteiger partial charge is 0.493 e. The van der Waals surface area contributed by atoms with Gasteiger partial charge in [0.15, 0.2) is 11.5 Å². The number of pyridine rings is 1. The average molecular weight is 504 g/mol. The molecule has 1 aromatic heterocycles. The van der Waals surface area contributed by atoms with Crippen LogP contribution >= 0.6 is 11.8 Å². The van der Waals surface area contributed by atoms with Crippen molar-refractivity contribution in [3.05, 3.63) is 66.0 Å². The summed E-state index contributed by atoms with van der Waals surface area (Å²) in [4.78, 5) is 8.54. The summed E-state index contributed by atoms with van der Waals surface area (Å²) in [6, 6.07) is 16.2. The number of methoxy groups -OCH3 is 2. The molecule has 1 N–H and O–H groups in total. The standard InChI is InChI=1S/C30H37N3O2S/c1-34-29-17-23(16-28(30(29)35-2)22-5-4-6-22)24-15-21(18-32-19-24)20-33(26-11-13-31-14-12-26)25-7-9-27(36-3)10-8-25/h7-10,15-19,22,26,31H,4-6,11-14,20H2,1-3H3. The number of anilines is 1. The Hall–Kier alpha value is -2.70. The zero-order valence-electron chi connectivity index (χ0n) is 21.6. The summed E-state index contributed by atoms with van der Waals surface area (Å²) >= 11 is 1.78. The maximum Gasteiger partial charge on any atom is 0.164 e. The van der Waals surface area contributed by atoms with E-state index in [4.69, 9.17) is 9.47 Å². The summed E-state index contributed by atoms with van der Waals surface area (Å²) < 4.78 is 11.5. The van der Waals surface area contributed by atoms with Gasteiger partial charge in [-0.1, -0.05) is 6.42 Å². The Morgan fingerprint density at radius 2 is 1.72 bits per heavy atom. The molecule has 3 aromatic rings. The van der Waals surface area contributed by atoms with E-state index >= 15 is 0 Å². The highest BCUT2D eigenvalue weighted by atomic mass is 32.2. The summed E-state index contributed by atoms with van der Waals surface area (Å²) in [6.07, 6.45) is 12.1. The van der Waals surface area contributed by atoms with Crippen molar-refractivity contribution < 1.29 is 9.47 Å². The van der Waals surface area contributed by atoms with E-state index in [1.807, 2.05) is 12.4 Å². The number of ether oxygens (including phenoxy) is 2. The number of hydrogen-bond acceptors (Lipinski definition) is 6. The first-order valence-corrected chi connectivity index (χ1v) is 14.2. The minimum atomic E-state index is 0.515. The zero-order chi connectivity index (χ0) is 24.9. The normalized spacial score (nSPS) is 16.4. The number of aromatic nitrogens is 1. The molecule has 190 valence electrons. The number of rotatable bonds is 9.